The standard InChI is InChI=1S/C12H21NO2/c1-9-6-8-15-12(9)11(13-2)10-5-3-4-7-14-10/h5,9,11-13H,3-4,6-8H2,1-2H3. The van der Waals surface area contributed by atoms with Gasteiger partial charge in [0.25, 0.3) is 0 Å². The molecule has 0 radical (unpaired) electrons. The normalized spacial score (nSPS) is 33.3. The van der Waals surface area contributed by atoms with Crippen molar-refractivity contribution in [3.8, 4) is 0 Å². The predicted octanol–water partition coefficient (Wildman–Crippen LogP) is 1.69. The molecule has 3 unspecified atom stereocenters. The van der Waals surface area contributed by atoms with Gasteiger partial charge in [-0.2, -0.15) is 0 Å². The summed E-state index contributed by atoms with van der Waals surface area (Å²) in [5.74, 6) is 1.70. The van der Waals surface area contributed by atoms with Gasteiger partial charge in [-0.05, 0) is 38.3 Å². The highest BCUT2D eigenvalue weighted by Gasteiger charge is 2.34. The first-order chi connectivity index (χ1) is 7.33. The van der Waals surface area contributed by atoms with Gasteiger partial charge >= 0.3 is 0 Å². The smallest absolute Gasteiger partial charge is 0.112 e. The molecule has 0 spiro atoms. The zero-order chi connectivity index (χ0) is 10.7. The summed E-state index contributed by atoms with van der Waals surface area (Å²) in [6, 6.07) is 0.239. The maximum absolute atomic E-state index is 5.79. The second-order valence-electron chi connectivity index (χ2n) is 4.46. The van der Waals surface area contributed by atoms with Gasteiger partial charge in [0.2, 0.25) is 0 Å². The summed E-state index contributed by atoms with van der Waals surface area (Å²) in [6.45, 7) is 3.99. The van der Waals surface area contributed by atoms with Crippen LogP contribution in [0.25, 0.3) is 0 Å². The van der Waals surface area contributed by atoms with E-state index in [0.29, 0.717) is 5.92 Å². The van der Waals surface area contributed by atoms with E-state index in [1.165, 1.54) is 0 Å². The van der Waals surface area contributed by atoms with E-state index in [1.807, 2.05) is 7.05 Å². The quantitative estimate of drug-likeness (QED) is 0.770. The van der Waals surface area contributed by atoms with Gasteiger partial charge < -0.3 is 14.8 Å². The summed E-state index contributed by atoms with van der Waals surface area (Å²) >= 11 is 0. The van der Waals surface area contributed by atoms with Crippen LogP contribution < -0.4 is 5.32 Å². The van der Waals surface area contributed by atoms with Gasteiger partial charge in [-0.1, -0.05) is 6.92 Å². The van der Waals surface area contributed by atoms with Crippen molar-refractivity contribution in [2.45, 2.75) is 38.3 Å². The Morgan fingerprint density at radius 1 is 1.47 bits per heavy atom. The van der Waals surface area contributed by atoms with Gasteiger partial charge in [-0.3, -0.25) is 0 Å². The third kappa shape index (κ3) is 2.34. The Labute approximate surface area is 91.8 Å². The van der Waals surface area contributed by atoms with Gasteiger partial charge in [-0.25, -0.2) is 0 Å². The Morgan fingerprint density at radius 2 is 2.33 bits per heavy atom. The lowest BCUT2D eigenvalue weighted by atomic mass is 9.95. The first kappa shape index (κ1) is 11.0. The fourth-order valence-corrected chi connectivity index (χ4v) is 2.41. The zero-order valence-electron chi connectivity index (χ0n) is 9.66. The van der Waals surface area contributed by atoms with Crippen LogP contribution >= 0.6 is 0 Å². The predicted molar refractivity (Wildman–Crippen MR) is 59.6 cm³/mol. The Kier molecular flexibility index (Phi) is 3.65. The molecule has 1 saturated heterocycles. The number of hydrogen-bond donors (Lipinski definition) is 1. The van der Waals surface area contributed by atoms with Gasteiger partial charge in [0, 0.05) is 6.61 Å². The van der Waals surface area contributed by atoms with Crippen molar-refractivity contribution >= 4 is 0 Å². The van der Waals surface area contributed by atoms with Crippen LogP contribution in [-0.4, -0.2) is 32.4 Å². The molecule has 2 heterocycles. The number of rotatable bonds is 3. The Morgan fingerprint density at radius 3 is 2.87 bits per heavy atom. The van der Waals surface area contributed by atoms with Gasteiger partial charge in [0.1, 0.15) is 5.76 Å². The number of ether oxygens (including phenoxy) is 2. The lowest BCUT2D eigenvalue weighted by Gasteiger charge is -2.29. The molecule has 3 nitrogen and oxygen atoms in total. The average Bonchev–Trinajstić information content (AvgIpc) is 2.68. The fourth-order valence-electron chi connectivity index (χ4n) is 2.41. The van der Waals surface area contributed by atoms with Crippen molar-refractivity contribution in [2.24, 2.45) is 5.92 Å². The molecule has 1 N–H and O–H groups in total. The molecule has 0 aromatic carbocycles. The zero-order valence-corrected chi connectivity index (χ0v) is 9.66. The van der Waals surface area contributed by atoms with E-state index in [-0.39, 0.29) is 12.1 Å². The van der Waals surface area contributed by atoms with Crippen molar-refractivity contribution in [3.05, 3.63) is 11.8 Å². The van der Waals surface area contributed by atoms with E-state index >= 15 is 0 Å². The van der Waals surface area contributed by atoms with Crippen molar-refractivity contribution in [3.63, 3.8) is 0 Å². The van der Waals surface area contributed by atoms with E-state index < -0.39 is 0 Å². The summed E-state index contributed by atoms with van der Waals surface area (Å²) < 4.78 is 11.5. The molecule has 0 aromatic heterocycles. The molecule has 3 heteroatoms. The molecule has 0 saturated carbocycles. The fraction of sp³-hybridized carbons (Fsp3) is 0.833. The number of likely N-dealkylation sites (N-methyl/N-ethyl adjacent to an activating group) is 1. The maximum atomic E-state index is 5.79. The van der Waals surface area contributed by atoms with Crippen molar-refractivity contribution in [1.29, 1.82) is 0 Å². The van der Waals surface area contributed by atoms with Crippen LogP contribution in [0.2, 0.25) is 0 Å². The highest BCUT2D eigenvalue weighted by atomic mass is 16.5. The molecular formula is C12H21NO2. The van der Waals surface area contributed by atoms with Gasteiger partial charge in [0.15, 0.2) is 0 Å². The third-order valence-electron chi connectivity index (χ3n) is 3.35. The third-order valence-corrected chi connectivity index (χ3v) is 3.35. The molecule has 2 rings (SSSR count). The Balaban J connectivity index is 2.05. The molecular weight excluding hydrogens is 190 g/mol. The Hall–Kier alpha value is -0.540. The van der Waals surface area contributed by atoms with E-state index in [2.05, 4.69) is 18.3 Å². The minimum Gasteiger partial charge on any atom is -0.496 e. The molecule has 2 aliphatic heterocycles. The second-order valence-corrected chi connectivity index (χ2v) is 4.46. The molecule has 0 aliphatic carbocycles. The van der Waals surface area contributed by atoms with Crippen LogP contribution in [-0.2, 0) is 9.47 Å². The van der Waals surface area contributed by atoms with Crippen LogP contribution in [0.5, 0.6) is 0 Å². The minimum absolute atomic E-state index is 0.239. The first-order valence-corrected chi connectivity index (χ1v) is 5.94. The average molecular weight is 211 g/mol. The van der Waals surface area contributed by atoms with E-state index in [1.54, 1.807) is 0 Å². The van der Waals surface area contributed by atoms with Crippen molar-refractivity contribution in [1.82, 2.24) is 5.32 Å². The summed E-state index contributed by atoms with van der Waals surface area (Å²) in [4.78, 5) is 0. The van der Waals surface area contributed by atoms with Crippen LogP contribution in [0.15, 0.2) is 11.8 Å². The largest absolute Gasteiger partial charge is 0.496 e. The molecule has 86 valence electrons. The summed E-state index contributed by atoms with van der Waals surface area (Å²) in [7, 11) is 1.98. The molecule has 0 aromatic rings. The van der Waals surface area contributed by atoms with Crippen LogP contribution in [0.3, 0.4) is 0 Å². The molecule has 15 heavy (non-hydrogen) atoms. The summed E-state index contributed by atoms with van der Waals surface area (Å²) in [5.41, 5.74) is 0. The van der Waals surface area contributed by atoms with E-state index in [9.17, 15) is 0 Å². The van der Waals surface area contributed by atoms with Crippen molar-refractivity contribution < 1.29 is 9.47 Å². The lowest BCUT2D eigenvalue weighted by Crippen LogP contribution is -2.43. The highest BCUT2D eigenvalue weighted by Crippen LogP contribution is 2.27. The van der Waals surface area contributed by atoms with Gasteiger partial charge in [0.05, 0.1) is 18.8 Å². The van der Waals surface area contributed by atoms with E-state index in [4.69, 9.17) is 9.47 Å². The lowest BCUT2D eigenvalue weighted by molar-refractivity contribution is 0.0467. The van der Waals surface area contributed by atoms with Crippen LogP contribution in [0.1, 0.15) is 26.2 Å². The number of hydrogen-bond acceptors (Lipinski definition) is 3. The Bertz CT molecular complexity index is 240. The van der Waals surface area contributed by atoms with Crippen LogP contribution in [0, 0.1) is 5.92 Å². The highest BCUT2D eigenvalue weighted by molar-refractivity contribution is 5.09. The molecule has 1 fully saturated rings. The number of allylic oxidation sites excluding steroid dienone is 1. The topological polar surface area (TPSA) is 30.5 Å². The molecule has 0 bridgehead atoms. The maximum Gasteiger partial charge on any atom is 0.112 e. The molecule has 0 amide bonds. The van der Waals surface area contributed by atoms with Crippen LogP contribution in [0.4, 0.5) is 0 Å². The molecule has 3 atom stereocenters. The second kappa shape index (κ2) is 4.99. The van der Waals surface area contributed by atoms with E-state index in [0.717, 1.165) is 38.2 Å². The van der Waals surface area contributed by atoms with Crippen molar-refractivity contribution in [2.75, 3.05) is 20.3 Å². The first-order valence-electron chi connectivity index (χ1n) is 5.94. The SMILES string of the molecule is CNC(C1=CCCCO1)C1OCCC1C. The number of nitrogens with one attached hydrogen (secondary N) is 1. The van der Waals surface area contributed by atoms with Gasteiger partial charge in [-0.15, -0.1) is 0 Å². The minimum atomic E-state index is 0.239. The summed E-state index contributed by atoms with van der Waals surface area (Å²) in [6.07, 6.45) is 5.92. The molecule has 2 aliphatic rings. The monoisotopic (exact) mass is 211 g/mol. The summed E-state index contributed by atoms with van der Waals surface area (Å²) in [5, 5.41) is 3.33.